The van der Waals surface area contributed by atoms with E-state index in [-0.39, 0.29) is 5.91 Å². The average molecular weight is 421 g/mol. The van der Waals surface area contributed by atoms with Crippen LogP contribution in [0.3, 0.4) is 0 Å². The molecule has 0 aliphatic heterocycles. The molecule has 2 aromatic carbocycles. The summed E-state index contributed by atoms with van der Waals surface area (Å²) in [5.74, 6) is 0.674. The van der Waals surface area contributed by atoms with Gasteiger partial charge in [0.05, 0.1) is 12.3 Å². The molecule has 0 saturated heterocycles. The molecule has 0 unspecified atom stereocenters. The van der Waals surface area contributed by atoms with E-state index in [1.54, 1.807) is 6.07 Å². The van der Waals surface area contributed by atoms with Gasteiger partial charge in [-0.1, -0.05) is 35.3 Å². The third-order valence-electron chi connectivity index (χ3n) is 3.84. The summed E-state index contributed by atoms with van der Waals surface area (Å²) >= 11 is 13.3. The van der Waals surface area contributed by atoms with Gasteiger partial charge in [0.25, 0.3) is 0 Å². The SMILES string of the molecule is Cc1cc(OCCCC(=O)Nc2nc(-c3ccc(Cl)cc3)cs2)ccc1Cl. The molecule has 140 valence electrons. The molecule has 1 N–H and O–H groups in total. The zero-order valence-electron chi connectivity index (χ0n) is 14.7. The van der Waals surface area contributed by atoms with Gasteiger partial charge in [0.1, 0.15) is 5.75 Å². The number of hydrogen-bond donors (Lipinski definition) is 1. The molecular weight excluding hydrogens is 403 g/mol. The molecular formula is C20H18Cl2N2O2S. The first-order valence-electron chi connectivity index (χ1n) is 8.41. The van der Waals surface area contributed by atoms with Gasteiger partial charge in [0.2, 0.25) is 5.91 Å². The van der Waals surface area contributed by atoms with E-state index < -0.39 is 0 Å². The first kappa shape index (κ1) is 19.7. The summed E-state index contributed by atoms with van der Waals surface area (Å²) in [4.78, 5) is 16.5. The number of thiazole rings is 1. The highest BCUT2D eigenvalue weighted by atomic mass is 35.5. The number of carbonyl (C=O) groups is 1. The zero-order chi connectivity index (χ0) is 19.2. The topological polar surface area (TPSA) is 51.2 Å². The Bertz CT molecular complexity index is 926. The number of hydrogen-bond acceptors (Lipinski definition) is 4. The van der Waals surface area contributed by atoms with E-state index in [0.717, 1.165) is 22.6 Å². The predicted octanol–water partition coefficient (Wildman–Crippen LogP) is 6.22. The number of aromatic nitrogens is 1. The highest BCUT2D eigenvalue weighted by Gasteiger charge is 2.08. The molecule has 0 saturated carbocycles. The van der Waals surface area contributed by atoms with Gasteiger partial charge < -0.3 is 10.1 Å². The Morgan fingerprint density at radius 2 is 1.96 bits per heavy atom. The fraction of sp³-hybridized carbons (Fsp3) is 0.200. The largest absolute Gasteiger partial charge is 0.494 e. The number of nitrogens with zero attached hydrogens (tertiary/aromatic N) is 1. The minimum atomic E-state index is -0.0807. The van der Waals surface area contributed by atoms with E-state index in [1.165, 1.54) is 11.3 Å². The van der Waals surface area contributed by atoms with Crippen LogP contribution in [0.5, 0.6) is 5.75 Å². The Kier molecular flexibility index (Phi) is 6.72. The number of rotatable bonds is 7. The Morgan fingerprint density at radius 1 is 1.19 bits per heavy atom. The molecule has 0 fully saturated rings. The summed E-state index contributed by atoms with van der Waals surface area (Å²) < 4.78 is 5.65. The van der Waals surface area contributed by atoms with Crippen LogP contribution in [0.25, 0.3) is 11.3 Å². The summed E-state index contributed by atoms with van der Waals surface area (Å²) in [6.07, 6.45) is 0.978. The Labute approximate surface area is 172 Å². The van der Waals surface area contributed by atoms with Gasteiger partial charge >= 0.3 is 0 Å². The highest BCUT2D eigenvalue weighted by Crippen LogP contribution is 2.26. The molecule has 0 atom stereocenters. The van der Waals surface area contributed by atoms with Gasteiger partial charge in [-0.05, 0) is 49.2 Å². The van der Waals surface area contributed by atoms with E-state index in [4.69, 9.17) is 27.9 Å². The van der Waals surface area contributed by atoms with Crippen LogP contribution in [-0.4, -0.2) is 17.5 Å². The van der Waals surface area contributed by atoms with E-state index in [0.29, 0.717) is 34.6 Å². The molecule has 7 heteroatoms. The molecule has 0 spiro atoms. The summed E-state index contributed by atoms with van der Waals surface area (Å²) in [6, 6.07) is 12.9. The summed E-state index contributed by atoms with van der Waals surface area (Å²) in [5, 5.41) is 6.71. The van der Waals surface area contributed by atoms with Gasteiger partial charge in [-0.2, -0.15) is 0 Å². The monoisotopic (exact) mass is 420 g/mol. The normalized spacial score (nSPS) is 10.6. The van der Waals surface area contributed by atoms with Crippen LogP contribution in [0.15, 0.2) is 47.8 Å². The van der Waals surface area contributed by atoms with Crippen LogP contribution in [0.1, 0.15) is 18.4 Å². The summed E-state index contributed by atoms with van der Waals surface area (Å²) in [6.45, 7) is 2.39. The number of carbonyl (C=O) groups excluding carboxylic acids is 1. The van der Waals surface area contributed by atoms with Crippen molar-refractivity contribution >= 4 is 45.6 Å². The molecule has 4 nitrogen and oxygen atoms in total. The van der Waals surface area contributed by atoms with Crippen molar-refractivity contribution < 1.29 is 9.53 Å². The minimum absolute atomic E-state index is 0.0807. The number of ether oxygens (including phenoxy) is 1. The predicted molar refractivity (Wildman–Crippen MR) is 112 cm³/mol. The number of benzene rings is 2. The molecule has 3 rings (SSSR count). The van der Waals surface area contributed by atoms with Crippen LogP contribution < -0.4 is 10.1 Å². The third kappa shape index (κ3) is 5.70. The van der Waals surface area contributed by atoms with Crippen molar-refractivity contribution in [1.82, 2.24) is 4.98 Å². The van der Waals surface area contributed by atoms with Gasteiger partial charge in [0, 0.05) is 27.4 Å². The fourth-order valence-electron chi connectivity index (χ4n) is 2.40. The van der Waals surface area contributed by atoms with Crippen molar-refractivity contribution in [3.05, 3.63) is 63.5 Å². The van der Waals surface area contributed by atoms with Gasteiger partial charge in [-0.3, -0.25) is 4.79 Å². The molecule has 0 aliphatic carbocycles. The van der Waals surface area contributed by atoms with Gasteiger partial charge in [0.15, 0.2) is 5.13 Å². The van der Waals surface area contributed by atoms with Crippen molar-refractivity contribution in [3.63, 3.8) is 0 Å². The molecule has 27 heavy (non-hydrogen) atoms. The van der Waals surface area contributed by atoms with E-state index in [9.17, 15) is 4.79 Å². The summed E-state index contributed by atoms with van der Waals surface area (Å²) in [7, 11) is 0. The summed E-state index contributed by atoms with van der Waals surface area (Å²) in [5.41, 5.74) is 2.74. The number of halogens is 2. The van der Waals surface area contributed by atoms with E-state index in [1.807, 2.05) is 48.7 Å². The fourth-order valence-corrected chi connectivity index (χ4v) is 3.38. The maximum Gasteiger partial charge on any atom is 0.226 e. The van der Waals surface area contributed by atoms with Crippen LogP contribution in [-0.2, 0) is 4.79 Å². The zero-order valence-corrected chi connectivity index (χ0v) is 17.0. The first-order valence-corrected chi connectivity index (χ1v) is 10.0. The lowest BCUT2D eigenvalue weighted by Crippen LogP contribution is -2.12. The lowest BCUT2D eigenvalue weighted by Gasteiger charge is -2.07. The second-order valence-corrected chi connectivity index (χ2v) is 7.66. The lowest BCUT2D eigenvalue weighted by atomic mass is 10.2. The van der Waals surface area contributed by atoms with Crippen LogP contribution in [0, 0.1) is 6.92 Å². The van der Waals surface area contributed by atoms with Gasteiger partial charge in [-0.25, -0.2) is 4.98 Å². The molecule has 1 amide bonds. The molecule has 1 aromatic heterocycles. The Balaban J connectivity index is 1.44. The van der Waals surface area contributed by atoms with Crippen molar-refractivity contribution in [1.29, 1.82) is 0 Å². The number of aryl methyl sites for hydroxylation is 1. The van der Waals surface area contributed by atoms with Gasteiger partial charge in [-0.15, -0.1) is 11.3 Å². The van der Waals surface area contributed by atoms with Crippen LogP contribution in [0.2, 0.25) is 10.0 Å². The first-order chi connectivity index (χ1) is 13.0. The number of amides is 1. The molecule has 0 radical (unpaired) electrons. The van der Waals surface area contributed by atoms with Crippen molar-refractivity contribution in [2.45, 2.75) is 19.8 Å². The lowest BCUT2D eigenvalue weighted by molar-refractivity contribution is -0.116. The minimum Gasteiger partial charge on any atom is -0.494 e. The van der Waals surface area contributed by atoms with Crippen LogP contribution in [0.4, 0.5) is 5.13 Å². The second-order valence-electron chi connectivity index (χ2n) is 5.96. The Hall–Kier alpha value is -2.08. The average Bonchev–Trinajstić information content (AvgIpc) is 3.10. The molecule has 0 bridgehead atoms. The maximum atomic E-state index is 12.1. The van der Waals surface area contributed by atoms with E-state index >= 15 is 0 Å². The maximum absolute atomic E-state index is 12.1. The molecule has 1 heterocycles. The highest BCUT2D eigenvalue weighted by molar-refractivity contribution is 7.14. The number of nitrogens with one attached hydrogen (secondary N) is 1. The van der Waals surface area contributed by atoms with Crippen molar-refractivity contribution in [2.75, 3.05) is 11.9 Å². The Morgan fingerprint density at radius 3 is 2.70 bits per heavy atom. The second kappa shape index (κ2) is 9.22. The van der Waals surface area contributed by atoms with Crippen molar-refractivity contribution in [2.24, 2.45) is 0 Å². The quantitative estimate of drug-likeness (QED) is 0.461. The molecule has 3 aromatic rings. The standard InChI is InChI=1S/C20H18Cl2N2O2S/c1-13-11-16(8-9-17(13)22)26-10-2-3-19(25)24-20-23-18(12-27-20)14-4-6-15(21)7-5-14/h4-9,11-12H,2-3,10H2,1H3,(H,23,24,25). The molecule has 0 aliphatic rings. The smallest absolute Gasteiger partial charge is 0.226 e. The number of anilines is 1. The van der Waals surface area contributed by atoms with Crippen LogP contribution >= 0.6 is 34.5 Å². The van der Waals surface area contributed by atoms with E-state index in [2.05, 4.69) is 10.3 Å². The third-order valence-corrected chi connectivity index (χ3v) is 5.27. The van der Waals surface area contributed by atoms with Crippen molar-refractivity contribution in [3.8, 4) is 17.0 Å².